The molecule has 0 aliphatic carbocycles. The van der Waals surface area contributed by atoms with Crippen molar-refractivity contribution in [3.05, 3.63) is 34.4 Å². The van der Waals surface area contributed by atoms with Crippen molar-refractivity contribution in [2.24, 2.45) is 0 Å². The predicted molar refractivity (Wildman–Crippen MR) is 82.6 cm³/mol. The van der Waals surface area contributed by atoms with Crippen molar-refractivity contribution >= 4 is 0 Å². The predicted octanol–water partition coefficient (Wildman–Crippen LogP) is 3.77. The Morgan fingerprint density at radius 1 is 1.00 bits per heavy atom. The summed E-state index contributed by atoms with van der Waals surface area (Å²) in [5.41, 5.74) is 4.60. The van der Waals surface area contributed by atoms with Gasteiger partial charge in [0, 0.05) is 5.54 Å². The van der Waals surface area contributed by atoms with Crippen LogP contribution in [0, 0.1) is 20.8 Å². The van der Waals surface area contributed by atoms with Gasteiger partial charge in [0.15, 0.2) is 0 Å². The first-order chi connectivity index (χ1) is 8.80. The largest absolute Gasteiger partial charge is 0.386 e. The highest BCUT2D eigenvalue weighted by atomic mass is 16.3. The minimum Gasteiger partial charge on any atom is -0.386 e. The zero-order valence-electron chi connectivity index (χ0n) is 13.5. The van der Waals surface area contributed by atoms with Crippen LogP contribution < -0.4 is 0 Å². The molecule has 0 saturated carbocycles. The Hall–Kier alpha value is -0.860. The molecule has 0 radical (unpaired) electrons. The Kier molecular flexibility index (Phi) is 5.17. The van der Waals surface area contributed by atoms with E-state index in [2.05, 4.69) is 65.7 Å². The summed E-state index contributed by atoms with van der Waals surface area (Å²) in [4.78, 5) is 2.17. The summed E-state index contributed by atoms with van der Waals surface area (Å²) in [6.07, 6.45) is 1.42. The van der Waals surface area contributed by atoms with Crippen LogP contribution in [0.1, 0.15) is 55.0 Å². The van der Waals surface area contributed by atoms with E-state index in [0.29, 0.717) is 0 Å². The number of nitrogens with zero attached hydrogens (tertiary/aromatic N) is 1. The number of hydrogen-bond donors (Lipinski definition) is 1. The van der Waals surface area contributed by atoms with Gasteiger partial charge in [0.05, 0.1) is 6.10 Å². The molecule has 1 aromatic rings. The molecule has 1 rings (SSSR count). The number of aliphatic hydroxyl groups excluding tert-OH is 1. The lowest BCUT2D eigenvalue weighted by Crippen LogP contribution is -2.48. The van der Waals surface area contributed by atoms with E-state index in [0.717, 1.165) is 18.4 Å². The summed E-state index contributed by atoms with van der Waals surface area (Å²) in [6.45, 7) is 10.6. The van der Waals surface area contributed by atoms with Gasteiger partial charge in [-0.25, -0.2) is 0 Å². The molecule has 1 aromatic carbocycles. The first-order valence-corrected chi connectivity index (χ1v) is 7.23. The molecule has 108 valence electrons. The standard InChI is InChI=1S/C17H29NO/c1-8-17(9-2,18(6)7)16(19)15-11-13(4)12(3)10-14(15)5/h10-11,16,19H,8-9H2,1-7H3. The molecule has 0 aliphatic rings. The molecule has 19 heavy (non-hydrogen) atoms. The van der Waals surface area contributed by atoms with Crippen molar-refractivity contribution in [1.82, 2.24) is 4.90 Å². The van der Waals surface area contributed by atoms with Crippen LogP contribution in [0.5, 0.6) is 0 Å². The normalized spacial score (nSPS) is 13.9. The van der Waals surface area contributed by atoms with Gasteiger partial charge in [-0.05, 0) is 70.0 Å². The van der Waals surface area contributed by atoms with Gasteiger partial charge in [-0.2, -0.15) is 0 Å². The molecule has 0 heterocycles. The Morgan fingerprint density at radius 3 is 1.89 bits per heavy atom. The summed E-state index contributed by atoms with van der Waals surface area (Å²) in [6, 6.07) is 4.33. The van der Waals surface area contributed by atoms with Gasteiger partial charge in [-0.1, -0.05) is 26.0 Å². The minimum absolute atomic E-state index is 0.188. The summed E-state index contributed by atoms with van der Waals surface area (Å²) >= 11 is 0. The van der Waals surface area contributed by atoms with Gasteiger partial charge in [-0.15, -0.1) is 0 Å². The van der Waals surface area contributed by atoms with E-state index in [4.69, 9.17) is 0 Å². The molecular formula is C17H29NO. The first-order valence-electron chi connectivity index (χ1n) is 7.23. The van der Waals surface area contributed by atoms with Crippen LogP contribution in [-0.4, -0.2) is 29.6 Å². The second kappa shape index (κ2) is 6.06. The van der Waals surface area contributed by atoms with E-state index < -0.39 is 6.10 Å². The first kappa shape index (κ1) is 16.2. The topological polar surface area (TPSA) is 23.5 Å². The lowest BCUT2D eigenvalue weighted by Gasteiger charge is -2.43. The van der Waals surface area contributed by atoms with Crippen LogP contribution in [-0.2, 0) is 0 Å². The summed E-state index contributed by atoms with van der Waals surface area (Å²) in [7, 11) is 4.12. The van der Waals surface area contributed by atoms with E-state index in [9.17, 15) is 5.11 Å². The van der Waals surface area contributed by atoms with E-state index in [1.807, 2.05) is 0 Å². The number of rotatable bonds is 5. The van der Waals surface area contributed by atoms with E-state index in [-0.39, 0.29) is 5.54 Å². The van der Waals surface area contributed by atoms with Gasteiger partial charge in [0.25, 0.3) is 0 Å². The molecule has 1 N–H and O–H groups in total. The summed E-state index contributed by atoms with van der Waals surface area (Å²) < 4.78 is 0. The SMILES string of the molecule is CCC(CC)(C(O)c1cc(C)c(C)cc1C)N(C)C. The second-order valence-corrected chi connectivity index (χ2v) is 5.90. The molecule has 0 bridgehead atoms. The van der Waals surface area contributed by atoms with Crippen molar-refractivity contribution in [2.45, 2.75) is 59.1 Å². The molecule has 1 unspecified atom stereocenters. The smallest absolute Gasteiger partial charge is 0.0975 e. The van der Waals surface area contributed by atoms with Crippen LogP contribution in [0.15, 0.2) is 12.1 Å². The highest BCUT2D eigenvalue weighted by Gasteiger charge is 2.38. The van der Waals surface area contributed by atoms with E-state index >= 15 is 0 Å². The Bertz CT molecular complexity index is 433. The lowest BCUT2D eigenvalue weighted by molar-refractivity contribution is -0.0153. The minimum atomic E-state index is -0.447. The third-order valence-corrected chi connectivity index (χ3v) is 4.80. The number of aryl methyl sites for hydroxylation is 3. The molecule has 2 nitrogen and oxygen atoms in total. The third kappa shape index (κ3) is 2.85. The fourth-order valence-corrected chi connectivity index (χ4v) is 3.08. The van der Waals surface area contributed by atoms with E-state index in [1.165, 1.54) is 16.7 Å². The maximum absolute atomic E-state index is 11.0. The fourth-order valence-electron chi connectivity index (χ4n) is 3.08. The lowest BCUT2D eigenvalue weighted by atomic mass is 9.79. The van der Waals surface area contributed by atoms with Gasteiger partial charge >= 0.3 is 0 Å². The van der Waals surface area contributed by atoms with Crippen LogP contribution in [0.2, 0.25) is 0 Å². The van der Waals surface area contributed by atoms with Crippen molar-refractivity contribution in [2.75, 3.05) is 14.1 Å². The second-order valence-electron chi connectivity index (χ2n) is 5.90. The number of hydrogen-bond acceptors (Lipinski definition) is 2. The zero-order valence-corrected chi connectivity index (χ0v) is 13.5. The number of aliphatic hydroxyl groups is 1. The molecule has 0 amide bonds. The third-order valence-electron chi connectivity index (χ3n) is 4.80. The number of likely N-dealkylation sites (N-methyl/N-ethyl adjacent to an activating group) is 1. The van der Waals surface area contributed by atoms with Crippen LogP contribution in [0.4, 0.5) is 0 Å². The fraction of sp³-hybridized carbons (Fsp3) is 0.647. The molecule has 0 spiro atoms. The van der Waals surface area contributed by atoms with Gasteiger partial charge < -0.3 is 10.0 Å². The van der Waals surface area contributed by atoms with Crippen molar-refractivity contribution in [3.8, 4) is 0 Å². The van der Waals surface area contributed by atoms with Crippen LogP contribution in [0.25, 0.3) is 0 Å². The highest BCUT2D eigenvalue weighted by Crippen LogP contribution is 2.37. The Labute approximate surface area is 118 Å². The van der Waals surface area contributed by atoms with Crippen LogP contribution in [0.3, 0.4) is 0 Å². The zero-order chi connectivity index (χ0) is 14.8. The molecule has 0 aromatic heterocycles. The average Bonchev–Trinajstić information content (AvgIpc) is 2.35. The maximum atomic E-state index is 11.0. The molecule has 0 fully saturated rings. The Morgan fingerprint density at radius 2 is 1.47 bits per heavy atom. The molecule has 2 heteroatoms. The highest BCUT2D eigenvalue weighted by molar-refractivity contribution is 5.39. The monoisotopic (exact) mass is 263 g/mol. The van der Waals surface area contributed by atoms with E-state index in [1.54, 1.807) is 0 Å². The van der Waals surface area contributed by atoms with Gasteiger partial charge in [0.2, 0.25) is 0 Å². The van der Waals surface area contributed by atoms with Crippen LogP contribution >= 0.6 is 0 Å². The average molecular weight is 263 g/mol. The Balaban J connectivity index is 3.32. The van der Waals surface area contributed by atoms with Gasteiger partial charge in [-0.3, -0.25) is 0 Å². The quantitative estimate of drug-likeness (QED) is 0.874. The van der Waals surface area contributed by atoms with Crippen molar-refractivity contribution in [3.63, 3.8) is 0 Å². The van der Waals surface area contributed by atoms with Crippen molar-refractivity contribution in [1.29, 1.82) is 0 Å². The van der Waals surface area contributed by atoms with Gasteiger partial charge in [0.1, 0.15) is 0 Å². The number of benzene rings is 1. The summed E-state index contributed by atoms with van der Waals surface area (Å²) in [5.74, 6) is 0. The molecule has 0 aliphatic heterocycles. The van der Waals surface area contributed by atoms with Crippen molar-refractivity contribution < 1.29 is 5.11 Å². The molecule has 0 saturated heterocycles. The molecule has 1 atom stereocenters. The molecular weight excluding hydrogens is 234 g/mol. The maximum Gasteiger partial charge on any atom is 0.0975 e. The summed E-state index contributed by atoms with van der Waals surface area (Å²) in [5, 5.41) is 11.0.